The highest BCUT2D eigenvalue weighted by molar-refractivity contribution is 5.81. The maximum Gasteiger partial charge on any atom is 0.229 e. The Bertz CT molecular complexity index is 253. The molecule has 4 heteroatoms. The van der Waals surface area contributed by atoms with E-state index in [-0.39, 0.29) is 5.91 Å². The van der Waals surface area contributed by atoms with Crippen LogP contribution in [0.4, 0.5) is 0 Å². The topological polar surface area (TPSA) is 49.6 Å². The molecule has 0 aliphatic carbocycles. The summed E-state index contributed by atoms with van der Waals surface area (Å²) in [5.74, 6) is 0.775. The van der Waals surface area contributed by atoms with Crippen molar-refractivity contribution in [3.8, 4) is 0 Å². The number of carbonyl (C=O) groups is 1. The first-order chi connectivity index (χ1) is 7.36. The Kier molecular flexibility index (Phi) is 4.33. The quantitative estimate of drug-likeness (QED) is 0.755. The minimum Gasteiger partial charge on any atom is -0.345 e. The molecule has 1 heterocycles. The van der Waals surface area contributed by atoms with Crippen LogP contribution in [0, 0.1) is 11.3 Å². The van der Waals surface area contributed by atoms with E-state index in [0.29, 0.717) is 12.5 Å². The van der Waals surface area contributed by atoms with Crippen molar-refractivity contribution in [2.45, 2.75) is 20.3 Å². The first kappa shape index (κ1) is 13.5. The largest absolute Gasteiger partial charge is 0.345 e. The molecular weight excluding hydrogens is 202 g/mol. The van der Waals surface area contributed by atoms with E-state index >= 15 is 0 Å². The molecule has 94 valence electrons. The second-order valence-electron chi connectivity index (χ2n) is 5.69. The number of hydrogen-bond donors (Lipinski definition) is 1. The summed E-state index contributed by atoms with van der Waals surface area (Å²) < 4.78 is 0. The molecule has 0 spiro atoms. The van der Waals surface area contributed by atoms with Gasteiger partial charge in [-0.3, -0.25) is 4.79 Å². The van der Waals surface area contributed by atoms with E-state index in [0.717, 1.165) is 19.6 Å². The van der Waals surface area contributed by atoms with E-state index in [9.17, 15) is 4.79 Å². The van der Waals surface area contributed by atoms with Gasteiger partial charge in [-0.25, -0.2) is 0 Å². The molecule has 4 nitrogen and oxygen atoms in total. The van der Waals surface area contributed by atoms with Crippen molar-refractivity contribution in [3.63, 3.8) is 0 Å². The van der Waals surface area contributed by atoms with Crippen LogP contribution in [0.1, 0.15) is 20.3 Å². The Hall–Kier alpha value is -0.610. The third-order valence-electron chi connectivity index (χ3n) is 3.46. The van der Waals surface area contributed by atoms with Gasteiger partial charge in [0.25, 0.3) is 0 Å². The highest BCUT2D eigenvalue weighted by Crippen LogP contribution is 2.20. The van der Waals surface area contributed by atoms with E-state index in [1.54, 1.807) is 0 Å². The molecule has 0 radical (unpaired) electrons. The lowest BCUT2D eigenvalue weighted by molar-refractivity contribution is -0.139. The smallest absolute Gasteiger partial charge is 0.229 e. The lowest BCUT2D eigenvalue weighted by Gasteiger charge is -2.29. The first-order valence-corrected chi connectivity index (χ1v) is 6.01. The van der Waals surface area contributed by atoms with Gasteiger partial charge < -0.3 is 15.5 Å². The van der Waals surface area contributed by atoms with Gasteiger partial charge in [0.1, 0.15) is 0 Å². The Morgan fingerprint density at radius 2 is 2.19 bits per heavy atom. The van der Waals surface area contributed by atoms with E-state index in [1.165, 1.54) is 6.42 Å². The molecule has 0 bridgehead atoms. The van der Waals surface area contributed by atoms with Crippen LogP contribution in [0.3, 0.4) is 0 Å². The van der Waals surface area contributed by atoms with E-state index in [1.807, 2.05) is 25.8 Å². The van der Waals surface area contributed by atoms with E-state index in [2.05, 4.69) is 11.9 Å². The normalized spacial score (nSPS) is 22.4. The molecule has 1 rings (SSSR count). The fraction of sp³-hybridized carbons (Fsp3) is 0.917. The predicted molar refractivity (Wildman–Crippen MR) is 66.1 cm³/mol. The fourth-order valence-corrected chi connectivity index (χ4v) is 2.25. The Labute approximate surface area is 98.8 Å². The summed E-state index contributed by atoms with van der Waals surface area (Å²) in [6, 6.07) is 0. The van der Waals surface area contributed by atoms with Gasteiger partial charge >= 0.3 is 0 Å². The summed E-state index contributed by atoms with van der Waals surface area (Å²) in [7, 11) is 4.02. The number of carbonyl (C=O) groups excluding carboxylic acids is 1. The zero-order valence-electron chi connectivity index (χ0n) is 11.0. The van der Waals surface area contributed by atoms with Crippen molar-refractivity contribution in [1.82, 2.24) is 9.80 Å². The molecule has 2 N–H and O–H groups in total. The van der Waals surface area contributed by atoms with Crippen LogP contribution < -0.4 is 5.73 Å². The Balaban J connectivity index is 2.46. The first-order valence-electron chi connectivity index (χ1n) is 6.01. The minimum absolute atomic E-state index is 0.157. The van der Waals surface area contributed by atoms with Crippen LogP contribution in [-0.4, -0.2) is 56.0 Å². The molecule has 0 saturated carbocycles. The predicted octanol–water partition coefficient (Wildman–Crippen LogP) is 0.381. The molecule has 1 amide bonds. The zero-order chi connectivity index (χ0) is 12.3. The van der Waals surface area contributed by atoms with Crippen LogP contribution in [0.15, 0.2) is 0 Å². The lowest BCUT2D eigenvalue weighted by atomic mass is 9.91. The van der Waals surface area contributed by atoms with Crippen molar-refractivity contribution in [1.29, 1.82) is 0 Å². The molecule has 1 saturated heterocycles. The van der Waals surface area contributed by atoms with Crippen molar-refractivity contribution in [3.05, 3.63) is 0 Å². The molecule has 16 heavy (non-hydrogen) atoms. The van der Waals surface area contributed by atoms with Gasteiger partial charge in [0.2, 0.25) is 5.91 Å². The highest BCUT2D eigenvalue weighted by atomic mass is 16.2. The lowest BCUT2D eigenvalue weighted by Crippen LogP contribution is -2.44. The fourth-order valence-electron chi connectivity index (χ4n) is 2.25. The summed E-state index contributed by atoms with van der Waals surface area (Å²) in [5.41, 5.74) is 5.19. The zero-order valence-corrected chi connectivity index (χ0v) is 11.0. The van der Waals surface area contributed by atoms with Crippen LogP contribution in [0.5, 0.6) is 0 Å². The molecule has 0 aromatic rings. The summed E-state index contributed by atoms with van der Waals surface area (Å²) in [4.78, 5) is 16.3. The van der Waals surface area contributed by atoms with Crippen molar-refractivity contribution >= 4 is 5.91 Å². The van der Waals surface area contributed by atoms with Gasteiger partial charge in [-0.05, 0) is 39.8 Å². The number of hydrogen-bond acceptors (Lipinski definition) is 3. The van der Waals surface area contributed by atoms with Crippen LogP contribution >= 0.6 is 0 Å². The standard InChI is InChI=1S/C12H25N3O/c1-12(2,9-13)11(16)15(4)8-10-5-6-14(3)7-10/h10H,5-9,13H2,1-4H3. The molecular formula is C12H25N3O. The number of amides is 1. The maximum absolute atomic E-state index is 12.1. The van der Waals surface area contributed by atoms with Gasteiger partial charge in [-0.1, -0.05) is 0 Å². The van der Waals surface area contributed by atoms with Crippen molar-refractivity contribution in [2.24, 2.45) is 17.1 Å². The number of nitrogens with zero attached hydrogens (tertiary/aromatic N) is 2. The Morgan fingerprint density at radius 3 is 2.62 bits per heavy atom. The third-order valence-corrected chi connectivity index (χ3v) is 3.46. The molecule has 1 fully saturated rings. The summed E-state index contributed by atoms with van der Waals surface area (Å²) in [5, 5.41) is 0. The molecule has 1 aliphatic rings. The third kappa shape index (κ3) is 3.19. The molecule has 1 atom stereocenters. The van der Waals surface area contributed by atoms with Crippen LogP contribution in [0.2, 0.25) is 0 Å². The Morgan fingerprint density at radius 1 is 1.56 bits per heavy atom. The number of nitrogens with two attached hydrogens (primary N) is 1. The van der Waals surface area contributed by atoms with Gasteiger partial charge in [0, 0.05) is 26.7 Å². The van der Waals surface area contributed by atoms with Crippen molar-refractivity contribution < 1.29 is 4.79 Å². The monoisotopic (exact) mass is 227 g/mol. The number of rotatable bonds is 4. The highest BCUT2D eigenvalue weighted by Gasteiger charge is 2.31. The second kappa shape index (κ2) is 5.15. The maximum atomic E-state index is 12.1. The van der Waals surface area contributed by atoms with Crippen LogP contribution in [-0.2, 0) is 4.79 Å². The average Bonchev–Trinajstić information content (AvgIpc) is 2.62. The summed E-state index contributed by atoms with van der Waals surface area (Å²) in [6.45, 7) is 7.32. The summed E-state index contributed by atoms with van der Waals surface area (Å²) in [6.07, 6.45) is 1.19. The van der Waals surface area contributed by atoms with Crippen molar-refractivity contribution in [2.75, 3.05) is 40.3 Å². The van der Waals surface area contributed by atoms with Gasteiger partial charge in [-0.15, -0.1) is 0 Å². The number of likely N-dealkylation sites (tertiary alicyclic amines) is 1. The van der Waals surface area contributed by atoms with E-state index in [4.69, 9.17) is 5.73 Å². The SMILES string of the molecule is CN1CCC(CN(C)C(=O)C(C)(C)CN)C1. The van der Waals surface area contributed by atoms with Crippen LogP contribution in [0.25, 0.3) is 0 Å². The molecule has 0 aromatic carbocycles. The molecule has 1 unspecified atom stereocenters. The summed E-state index contributed by atoms with van der Waals surface area (Å²) >= 11 is 0. The average molecular weight is 227 g/mol. The van der Waals surface area contributed by atoms with Gasteiger partial charge in [0.05, 0.1) is 5.41 Å². The van der Waals surface area contributed by atoms with E-state index < -0.39 is 5.41 Å². The second-order valence-corrected chi connectivity index (χ2v) is 5.69. The minimum atomic E-state index is -0.431. The molecule has 0 aromatic heterocycles. The van der Waals surface area contributed by atoms with Gasteiger partial charge in [-0.2, -0.15) is 0 Å². The van der Waals surface area contributed by atoms with Gasteiger partial charge in [0.15, 0.2) is 0 Å². The molecule has 1 aliphatic heterocycles.